The second-order valence-corrected chi connectivity index (χ2v) is 9.25. The molecule has 2 fully saturated rings. The smallest absolute Gasteiger partial charge is 0.226 e. The van der Waals surface area contributed by atoms with Crippen molar-refractivity contribution in [3.05, 3.63) is 46.5 Å². The molecule has 1 saturated heterocycles. The van der Waals surface area contributed by atoms with Gasteiger partial charge in [0.1, 0.15) is 0 Å². The lowest BCUT2D eigenvalue weighted by atomic mass is 9.91. The fourth-order valence-electron chi connectivity index (χ4n) is 4.77. The van der Waals surface area contributed by atoms with E-state index in [9.17, 15) is 0 Å². The fourth-order valence-corrected chi connectivity index (χ4v) is 5.06. The van der Waals surface area contributed by atoms with E-state index in [-0.39, 0.29) is 5.28 Å². The fraction of sp³-hybridized carbons (Fsp3) is 0.500. The highest BCUT2D eigenvalue weighted by Gasteiger charge is 2.24. The van der Waals surface area contributed by atoms with Gasteiger partial charge in [-0.3, -0.25) is 0 Å². The molecule has 3 aromatic rings. The molecule has 30 heavy (non-hydrogen) atoms. The van der Waals surface area contributed by atoms with Crippen molar-refractivity contribution in [2.45, 2.75) is 51.0 Å². The largest absolute Gasteiger partial charge is 0.312 e. The van der Waals surface area contributed by atoms with E-state index in [2.05, 4.69) is 42.1 Å². The van der Waals surface area contributed by atoms with Crippen LogP contribution in [-0.4, -0.2) is 37.6 Å². The van der Waals surface area contributed by atoms with Crippen LogP contribution in [0.25, 0.3) is 11.2 Å². The summed E-state index contributed by atoms with van der Waals surface area (Å²) in [5.41, 5.74) is 6.45. The molecule has 0 unspecified atom stereocenters. The van der Waals surface area contributed by atoms with Crippen molar-refractivity contribution < 1.29 is 0 Å². The molecule has 0 radical (unpaired) electrons. The van der Waals surface area contributed by atoms with Crippen molar-refractivity contribution in [2.24, 2.45) is 5.92 Å². The van der Waals surface area contributed by atoms with Crippen molar-refractivity contribution in [3.63, 3.8) is 0 Å². The maximum Gasteiger partial charge on any atom is 0.226 e. The number of halogens is 2. The van der Waals surface area contributed by atoms with E-state index in [4.69, 9.17) is 23.2 Å². The van der Waals surface area contributed by atoms with Crippen molar-refractivity contribution in [1.29, 1.82) is 0 Å². The lowest BCUT2D eigenvalue weighted by Crippen LogP contribution is -2.38. The summed E-state index contributed by atoms with van der Waals surface area (Å²) in [5, 5.41) is 3.29. The zero-order valence-electron chi connectivity index (χ0n) is 16.9. The molecule has 0 bridgehead atoms. The van der Waals surface area contributed by atoms with Gasteiger partial charge in [-0.2, -0.15) is 9.97 Å². The molecule has 1 aromatic carbocycles. The molecule has 2 aliphatic rings. The molecule has 1 saturated carbocycles. The lowest BCUT2D eigenvalue weighted by molar-refractivity contribution is 0.216. The zero-order valence-corrected chi connectivity index (χ0v) is 18.4. The van der Waals surface area contributed by atoms with E-state index in [1.165, 1.54) is 31.2 Å². The van der Waals surface area contributed by atoms with Crippen LogP contribution < -0.4 is 5.43 Å². The number of rotatable bonds is 5. The molecule has 0 atom stereocenters. The Hall–Kier alpha value is -1.89. The molecule has 6 nitrogen and oxygen atoms in total. The van der Waals surface area contributed by atoms with E-state index in [0.29, 0.717) is 17.8 Å². The van der Waals surface area contributed by atoms with Gasteiger partial charge in [0.15, 0.2) is 17.0 Å². The van der Waals surface area contributed by atoms with E-state index in [0.717, 1.165) is 48.5 Å². The Morgan fingerprint density at radius 1 is 0.967 bits per heavy atom. The van der Waals surface area contributed by atoms with E-state index in [1.807, 2.05) is 18.5 Å². The van der Waals surface area contributed by atoms with Crippen LogP contribution >= 0.6 is 23.2 Å². The third-order valence-electron chi connectivity index (χ3n) is 6.43. The van der Waals surface area contributed by atoms with E-state index >= 15 is 0 Å². The van der Waals surface area contributed by atoms with Gasteiger partial charge >= 0.3 is 0 Å². The Kier molecular flexibility index (Phi) is 5.81. The van der Waals surface area contributed by atoms with Crippen molar-refractivity contribution in [3.8, 4) is 0 Å². The number of nitrogens with one attached hydrogen (secondary N) is 1. The van der Waals surface area contributed by atoms with Crippen LogP contribution in [0, 0.1) is 5.92 Å². The number of fused-ring (bicyclic) bond motifs is 1. The Bertz CT molecular complexity index is 1000. The summed E-state index contributed by atoms with van der Waals surface area (Å²) < 4.78 is 2.18. The molecule has 1 aliphatic carbocycles. The van der Waals surface area contributed by atoms with Crippen LogP contribution in [0.1, 0.15) is 50.1 Å². The summed E-state index contributed by atoms with van der Waals surface area (Å²) in [6.07, 6.45) is 10.1. The first-order chi connectivity index (χ1) is 14.7. The highest BCUT2D eigenvalue weighted by molar-refractivity contribution is 6.30. The van der Waals surface area contributed by atoms with Crippen molar-refractivity contribution in [2.75, 3.05) is 18.5 Å². The topological polar surface area (TPSA) is 58.9 Å². The van der Waals surface area contributed by atoms with Gasteiger partial charge in [-0.1, -0.05) is 36.6 Å². The van der Waals surface area contributed by atoms with E-state index in [1.54, 1.807) is 0 Å². The number of aromatic nitrogens is 4. The minimum absolute atomic E-state index is 0.266. The van der Waals surface area contributed by atoms with E-state index < -0.39 is 0 Å². The molecule has 1 aliphatic heterocycles. The zero-order chi connectivity index (χ0) is 20.5. The monoisotopic (exact) mass is 444 g/mol. The minimum Gasteiger partial charge on any atom is -0.312 e. The first-order valence-electron chi connectivity index (χ1n) is 10.8. The summed E-state index contributed by atoms with van der Waals surface area (Å²) in [4.78, 5) is 13.6. The molecular formula is C22H26Cl2N6. The molecule has 0 spiro atoms. The van der Waals surface area contributed by atoms with Crippen LogP contribution in [0.4, 0.5) is 5.82 Å². The number of hydrogen-bond donors (Lipinski definition) is 1. The number of hydrazine groups is 1. The number of benzene rings is 1. The first kappa shape index (κ1) is 20.0. The summed E-state index contributed by atoms with van der Waals surface area (Å²) >= 11 is 12.3. The average molecular weight is 445 g/mol. The molecule has 2 aromatic heterocycles. The van der Waals surface area contributed by atoms with Gasteiger partial charge in [0, 0.05) is 24.2 Å². The summed E-state index contributed by atoms with van der Waals surface area (Å²) in [6, 6.07) is 8.68. The Morgan fingerprint density at radius 2 is 1.70 bits per heavy atom. The highest BCUT2D eigenvalue weighted by Crippen LogP contribution is 2.33. The van der Waals surface area contributed by atoms with Crippen LogP contribution in [0.3, 0.4) is 0 Å². The second-order valence-electron chi connectivity index (χ2n) is 8.48. The molecule has 8 heteroatoms. The third kappa shape index (κ3) is 4.27. The van der Waals surface area contributed by atoms with Crippen LogP contribution in [0.15, 0.2) is 30.6 Å². The molecular weight excluding hydrogens is 419 g/mol. The highest BCUT2D eigenvalue weighted by atomic mass is 35.5. The Balaban J connectivity index is 1.25. The van der Waals surface area contributed by atoms with Gasteiger partial charge < -0.3 is 9.99 Å². The third-order valence-corrected chi connectivity index (χ3v) is 6.85. The molecule has 3 heterocycles. The van der Waals surface area contributed by atoms with Crippen LogP contribution in [-0.2, 0) is 6.42 Å². The standard InChI is InChI=1S/C22H26Cl2N6/c23-17-7-5-15(6-8-17)13-16-9-11-29(12-10-16)28-20-19-21(27-22(24)26-20)30(14-25-19)18-3-1-2-4-18/h5-8,14,16,18H,1-4,9-13H2,(H,26,27,28). The van der Waals surface area contributed by atoms with Gasteiger partial charge in [-0.05, 0) is 67.3 Å². The number of hydrogen-bond acceptors (Lipinski definition) is 5. The maximum absolute atomic E-state index is 6.27. The van der Waals surface area contributed by atoms with Crippen LogP contribution in [0.2, 0.25) is 10.3 Å². The molecule has 1 N–H and O–H groups in total. The van der Waals surface area contributed by atoms with Crippen molar-refractivity contribution in [1.82, 2.24) is 24.5 Å². The summed E-state index contributed by atoms with van der Waals surface area (Å²) in [5.74, 6) is 1.39. The molecule has 0 amide bonds. The number of imidazole rings is 1. The minimum atomic E-state index is 0.266. The van der Waals surface area contributed by atoms with Crippen LogP contribution in [0.5, 0.6) is 0 Å². The predicted molar refractivity (Wildman–Crippen MR) is 121 cm³/mol. The Morgan fingerprint density at radius 3 is 2.43 bits per heavy atom. The van der Waals surface area contributed by atoms with Gasteiger partial charge in [0.25, 0.3) is 0 Å². The maximum atomic E-state index is 6.27. The van der Waals surface area contributed by atoms with Gasteiger partial charge in [-0.25, -0.2) is 9.99 Å². The van der Waals surface area contributed by atoms with Crippen molar-refractivity contribution >= 4 is 40.2 Å². The number of nitrogens with zero attached hydrogens (tertiary/aromatic N) is 5. The lowest BCUT2D eigenvalue weighted by Gasteiger charge is -2.32. The predicted octanol–water partition coefficient (Wildman–Crippen LogP) is 5.53. The van der Waals surface area contributed by atoms with Gasteiger partial charge in [-0.15, -0.1) is 0 Å². The quantitative estimate of drug-likeness (QED) is 0.524. The first-order valence-corrected chi connectivity index (χ1v) is 11.6. The molecule has 5 rings (SSSR count). The normalized spacial score (nSPS) is 19.0. The SMILES string of the molecule is Clc1ccc(CC2CCN(Nc3nc(Cl)nc4c3ncn4C3CCCC3)CC2)cc1. The van der Waals surface area contributed by atoms with Gasteiger partial charge in [0.2, 0.25) is 5.28 Å². The van der Waals surface area contributed by atoms with Gasteiger partial charge in [0.05, 0.1) is 6.33 Å². The number of anilines is 1. The average Bonchev–Trinajstić information content (AvgIpc) is 3.41. The second kappa shape index (κ2) is 8.69. The molecule has 158 valence electrons. The summed E-state index contributed by atoms with van der Waals surface area (Å²) in [6.45, 7) is 1.93. The Labute approximate surface area is 186 Å². The number of piperidine rings is 1. The summed E-state index contributed by atoms with van der Waals surface area (Å²) in [7, 11) is 0.